The number of carbonyl (C=O) groups is 4. The van der Waals surface area contributed by atoms with E-state index in [9.17, 15) is 46.9 Å². The maximum absolute atomic E-state index is 13.5. The normalized spacial score (nSPS) is 11.4. The van der Waals surface area contributed by atoms with Crippen molar-refractivity contribution in [2.75, 3.05) is 113 Å². The summed E-state index contributed by atoms with van der Waals surface area (Å²) in [6, 6.07) is 51.0. The molecule has 0 unspecified atom stereocenters. The summed E-state index contributed by atoms with van der Waals surface area (Å²) < 4.78 is 84.4. The number of carbonyl (C=O) groups excluding carboxylic acids is 4. The van der Waals surface area contributed by atoms with Gasteiger partial charge in [0.05, 0.1) is 86.6 Å². The zero-order valence-electron chi connectivity index (χ0n) is 81.1. The predicted molar refractivity (Wildman–Crippen MR) is 563 cm³/mol. The summed E-state index contributed by atoms with van der Waals surface area (Å²) in [5.41, 5.74) is 14.9. The second kappa shape index (κ2) is 67.4. The van der Waals surface area contributed by atoms with Gasteiger partial charge in [-0.05, 0) is 172 Å². The monoisotopic (exact) mass is 2260 g/mol. The number of allylic oxidation sites excluding steroid dienone is 5. The second-order valence-corrected chi connectivity index (χ2v) is 33.2. The molecule has 0 radical (unpaired) electrons. The third-order valence-corrected chi connectivity index (χ3v) is 21.5. The molecule has 44 heteroatoms. The molecule has 0 atom stereocenters. The summed E-state index contributed by atoms with van der Waals surface area (Å²) in [5, 5.41) is 37.7. The van der Waals surface area contributed by atoms with E-state index in [0.29, 0.717) is 136 Å². The van der Waals surface area contributed by atoms with Gasteiger partial charge < -0.3 is 72.5 Å². The first-order valence-electron chi connectivity index (χ1n) is 43.3. The first-order chi connectivity index (χ1) is 69.0. The molecule has 145 heavy (non-hydrogen) atoms. The number of anilines is 9. The van der Waals surface area contributed by atoms with Crippen molar-refractivity contribution in [2.24, 2.45) is 0 Å². The molecule has 7 N–H and O–H groups in total. The number of alkyl halides is 2. The van der Waals surface area contributed by atoms with E-state index < -0.39 is 39.4 Å². The van der Waals surface area contributed by atoms with Gasteiger partial charge in [0.25, 0.3) is 0 Å². The number of nitrogens with two attached hydrogens (primary N) is 1. The SMILES string of the molecule is C1CCOC1.C1CCOC1.CC(=O)OOC=[N-].CNCc1ccccc1.COc1cc2ncnc(Nc3ccc(F)c(Cl)c3)c2cc1CC(=O)/C=C/CBr.COc1cc2ncnc(Nc3ccc(F)c(Cl)c3)c2cc1CC(=O)/C=C/CN(C)Cc1ccccc1.COc1cc2ncnc(Nc3ccc(F)c(Cl)c3)c2cc1N.COc1cc2ncnc(Nc3ccc(F)c(Cl)c3)c2cc1[N+](=O)[O-].O=C(Cl)/C=C/CBr.[H-].[K+].[K+]. The number of hydrogen-bond acceptors (Lipinski definition) is 29. The van der Waals surface area contributed by atoms with E-state index in [1.807, 2.05) is 68.7 Å². The van der Waals surface area contributed by atoms with E-state index in [-0.39, 0.29) is 167 Å². The summed E-state index contributed by atoms with van der Waals surface area (Å²) in [4.78, 5) is 98.4. The van der Waals surface area contributed by atoms with Crippen LogP contribution in [0.1, 0.15) is 56.3 Å². The van der Waals surface area contributed by atoms with Crippen LogP contribution in [0.3, 0.4) is 0 Å². The Balaban J connectivity index is 0.000000310. The molecule has 6 heterocycles. The molecule has 0 spiro atoms. The van der Waals surface area contributed by atoms with Crippen LogP contribution in [0.5, 0.6) is 23.0 Å². The number of benzene rings is 10. The van der Waals surface area contributed by atoms with Gasteiger partial charge in [-0.3, -0.25) is 34.3 Å². The number of hydrogen-bond donors (Lipinski definition) is 6. The fraction of sp³-hybridized carbons (Fsp3) is 0.218. The van der Waals surface area contributed by atoms with Gasteiger partial charge in [-0.25, -0.2) is 62.2 Å². The predicted octanol–water partition coefficient (Wildman–Crippen LogP) is 18.0. The van der Waals surface area contributed by atoms with Crippen molar-refractivity contribution >= 4 is 220 Å². The summed E-state index contributed by atoms with van der Waals surface area (Å²) >= 11 is 34.5. The molecular weight excluding hydrogens is 2170 g/mol. The topological polar surface area (TPSA) is 400 Å². The Morgan fingerprint density at radius 2 is 0.841 bits per heavy atom. The number of nitro groups is 1. The Kier molecular flexibility index (Phi) is 57.3. The number of nitrogens with zero attached hydrogens (tertiary/aromatic N) is 11. The van der Waals surface area contributed by atoms with E-state index in [0.717, 1.165) is 51.8 Å². The zero-order valence-corrected chi connectivity index (χ0v) is 93.3. The third-order valence-electron chi connectivity index (χ3n) is 19.5. The first kappa shape index (κ1) is 123. The number of nitrogen functional groups attached to an aromatic ring is 1. The Morgan fingerprint density at radius 3 is 1.15 bits per heavy atom. The summed E-state index contributed by atoms with van der Waals surface area (Å²) in [7, 11) is 9.95. The Hall–Kier alpha value is -10.4. The second-order valence-electron chi connectivity index (χ2n) is 29.9. The van der Waals surface area contributed by atoms with Gasteiger partial charge in [-0.15, -0.1) is 0 Å². The standard InChI is InChI=1S/C28H26ClFN4O2.C20H16BrClFN3O2.C15H10ClFN4O3.C15H12ClFN4O.C8H11N.C4H4BrClO.2C4H8O.C3H4NO3.2K.H/c1-34(17-19-7-4-3-5-8-19)12-6-9-22(35)13-20-14-23-26(16-27(20)36-2)31-18-32-28(23)33-21-10-11-25(30)24(29)15-21;1-28-19-10-18-15(8-12(19)7-14(27)3-2-6-21)20(25-11-24-18)26-13-4-5-17(23)16(22)9-13;1-24-14-6-12-9(5-13(14)21(22)23)15(19-7-18-12)20-8-2-3-11(17)10(16)4-8;1-22-14-6-13-9(5-12(14)18)15(20-7-19-13)21-8-2-3-11(17)10(16)4-8;1-9-7-8-5-3-2-4-6-8;5-3-1-2-4(6)7;2*1-2-4-5-3-1;1-3(5)7-6-2-4;;;/h3-11,14-16,18H,12-13,17H2,1-2H3,(H,31,32,33);2-5,8-11H,6-7H2,1H3,(H,24,25,26);2-7H,1H3,(H,18,19,20);2-7H,18H2,1H3,(H,19,20,21);2-6,9H,7H2,1H3;1-2H,3H2;2*1-4H2;2H,1H3;;;/q;;;;;;;;-1;2*+1;-1/b9-6+;3-2+;;;;2-1+;;;;;;. The van der Waals surface area contributed by atoms with Crippen molar-refractivity contribution in [1.29, 1.82) is 0 Å². The molecule has 2 aliphatic rings. The van der Waals surface area contributed by atoms with E-state index in [1.54, 1.807) is 82.0 Å². The Labute approximate surface area is 962 Å². The zero-order chi connectivity index (χ0) is 104. The number of fused-ring (bicyclic) bond motifs is 4. The minimum absolute atomic E-state index is 0. The fourth-order valence-corrected chi connectivity index (χ4v) is 14.0. The van der Waals surface area contributed by atoms with Crippen LogP contribution >= 0.6 is 89.9 Å². The average molecular weight is 2270 g/mol. The van der Waals surface area contributed by atoms with Gasteiger partial charge in [-0.1, -0.05) is 157 Å². The molecule has 16 rings (SSSR count). The van der Waals surface area contributed by atoms with Crippen molar-refractivity contribution in [2.45, 2.75) is 58.5 Å². The number of halogens is 11. The van der Waals surface area contributed by atoms with Gasteiger partial charge in [0.1, 0.15) is 89.1 Å². The number of nitrogens with one attached hydrogen (secondary N) is 5. The third kappa shape index (κ3) is 42.7. The van der Waals surface area contributed by atoms with Crippen LogP contribution in [0.25, 0.3) is 49.0 Å². The molecule has 752 valence electrons. The molecule has 0 amide bonds. The number of likely N-dealkylation sites (N-methyl/N-ethyl adjacent to an activating group) is 1. The molecule has 2 aliphatic heterocycles. The molecule has 31 nitrogen and oxygen atoms in total. The molecule has 0 saturated carbocycles. The van der Waals surface area contributed by atoms with Crippen LogP contribution in [-0.2, 0) is 64.4 Å². The van der Waals surface area contributed by atoms with Gasteiger partial charge in [-0.2, -0.15) is 0 Å². The fourth-order valence-electron chi connectivity index (χ4n) is 12.9. The number of ether oxygens (including phenoxy) is 6. The summed E-state index contributed by atoms with van der Waals surface area (Å²) in [6.07, 6.45) is 21.0. The van der Waals surface area contributed by atoms with Crippen LogP contribution in [0.4, 0.5) is 75.0 Å². The summed E-state index contributed by atoms with van der Waals surface area (Å²) in [6.45, 7) is 7.56. The van der Waals surface area contributed by atoms with Gasteiger partial charge >= 0.3 is 114 Å². The Morgan fingerprint density at radius 1 is 0.497 bits per heavy atom. The van der Waals surface area contributed by atoms with Crippen LogP contribution < -0.4 is 154 Å². The van der Waals surface area contributed by atoms with Crippen molar-refractivity contribution in [3.8, 4) is 23.0 Å². The number of rotatable bonds is 30. The molecule has 14 aromatic rings. The van der Waals surface area contributed by atoms with Gasteiger partial charge in [0.2, 0.25) is 5.24 Å². The van der Waals surface area contributed by atoms with Crippen LogP contribution in [-0.4, -0.2) is 165 Å². The molecule has 0 bridgehead atoms. The number of aromatic nitrogens is 8. The van der Waals surface area contributed by atoms with Crippen molar-refractivity contribution in [3.05, 3.63) is 325 Å². The van der Waals surface area contributed by atoms with Crippen molar-refractivity contribution < 1.29 is 184 Å². The molecule has 4 aromatic heterocycles. The number of nitro benzene ring substituents is 1. The van der Waals surface area contributed by atoms with Crippen LogP contribution in [0, 0.1) is 33.4 Å². The number of ketones is 2. The largest absolute Gasteiger partial charge is 1.00 e. The maximum Gasteiger partial charge on any atom is 1.00 e. The summed E-state index contributed by atoms with van der Waals surface area (Å²) in [5.74, 6) is 0.959. The average Bonchev–Trinajstić information content (AvgIpc) is 0.904. The molecule has 2 fully saturated rings. The van der Waals surface area contributed by atoms with E-state index in [2.05, 4.69) is 137 Å². The van der Waals surface area contributed by atoms with Gasteiger partial charge in [0, 0.05) is 163 Å². The van der Waals surface area contributed by atoms with E-state index >= 15 is 0 Å². The maximum atomic E-state index is 13.5. The van der Waals surface area contributed by atoms with Gasteiger partial charge in [0.15, 0.2) is 17.3 Å². The Bertz CT molecular complexity index is 6680. The van der Waals surface area contributed by atoms with E-state index in [4.69, 9.17) is 97.6 Å². The quantitative estimate of drug-likeness (QED) is 0.00208. The minimum Gasteiger partial charge on any atom is -1.00 e. The molecular formula is C101H100Br2Cl5F4K2N17O14. The van der Waals surface area contributed by atoms with Crippen LogP contribution in [0.2, 0.25) is 20.1 Å². The van der Waals surface area contributed by atoms with Crippen molar-refractivity contribution in [1.82, 2.24) is 50.1 Å². The molecule has 0 aliphatic carbocycles. The van der Waals surface area contributed by atoms with Crippen molar-refractivity contribution in [3.63, 3.8) is 0 Å². The van der Waals surface area contributed by atoms with Crippen LogP contribution in [0.15, 0.2) is 244 Å². The number of methoxy groups -OCH3 is 4. The van der Waals surface area contributed by atoms with E-state index in [1.165, 1.54) is 148 Å². The first-order valence-corrected chi connectivity index (χ1v) is 47.4. The molecule has 2 saturated heterocycles. The minimum atomic E-state index is -0.606. The smallest absolute Gasteiger partial charge is 1.00 e. The molecule has 10 aromatic carbocycles.